The Morgan fingerprint density at radius 1 is 1.56 bits per heavy atom. The molecule has 0 aromatic carbocycles. The molecule has 0 spiro atoms. The summed E-state index contributed by atoms with van der Waals surface area (Å²) in [5.74, 6) is 0.0174. The van der Waals surface area contributed by atoms with Gasteiger partial charge in [0.1, 0.15) is 0 Å². The first-order valence-corrected chi connectivity index (χ1v) is 5.62. The second-order valence-electron chi connectivity index (χ2n) is 3.78. The fraction of sp³-hybridized carbons (Fsp3) is 0.583. The first kappa shape index (κ1) is 12.9. The first-order valence-electron chi connectivity index (χ1n) is 5.62. The highest BCUT2D eigenvalue weighted by molar-refractivity contribution is 5.93. The zero-order chi connectivity index (χ0) is 11.8. The smallest absolute Gasteiger partial charge is 0.247 e. The minimum absolute atomic E-state index is 0.0174. The van der Waals surface area contributed by atoms with Gasteiger partial charge in [-0.25, -0.2) is 0 Å². The molecular formula is C12H20N2O2. The van der Waals surface area contributed by atoms with E-state index in [1.54, 1.807) is 0 Å². The Hall–Kier alpha value is -1.13. The summed E-state index contributed by atoms with van der Waals surface area (Å²) in [6.45, 7) is 8.94. The van der Waals surface area contributed by atoms with Gasteiger partial charge in [-0.2, -0.15) is 0 Å². The van der Waals surface area contributed by atoms with Gasteiger partial charge in [-0.05, 0) is 18.9 Å². The van der Waals surface area contributed by atoms with Gasteiger partial charge in [-0.3, -0.25) is 4.79 Å². The van der Waals surface area contributed by atoms with Crippen LogP contribution in [0.5, 0.6) is 0 Å². The predicted octanol–water partition coefficient (Wildman–Crippen LogP) is 0.615. The quantitative estimate of drug-likeness (QED) is 0.378. The molecule has 0 aromatic rings. The number of amides is 1. The van der Waals surface area contributed by atoms with E-state index in [1.165, 1.54) is 5.57 Å². The zero-order valence-corrected chi connectivity index (χ0v) is 9.84. The van der Waals surface area contributed by atoms with E-state index >= 15 is 0 Å². The largest absolute Gasteiger partial charge is 0.379 e. The van der Waals surface area contributed by atoms with Crippen LogP contribution in [0.1, 0.15) is 13.3 Å². The third-order valence-corrected chi connectivity index (χ3v) is 2.55. The highest BCUT2D eigenvalue weighted by Crippen LogP contribution is 2.08. The molecule has 1 heterocycles. The van der Waals surface area contributed by atoms with Gasteiger partial charge in [0.15, 0.2) is 0 Å². The minimum Gasteiger partial charge on any atom is -0.379 e. The average molecular weight is 224 g/mol. The van der Waals surface area contributed by atoms with E-state index in [9.17, 15) is 4.79 Å². The van der Waals surface area contributed by atoms with Crippen molar-refractivity contribution < 1.29 is 9.53 Å². The second-order valence-corrected chi connectivity index (χ2v) is 3.78. The van der Waals surface area contributed by atoms with Gasteiger partial charge < -0.3 is 15.4 Å². The van der Waals surface area contributed by atoms with Gasteiger partial charge in [0.05, 0.1) is 13.2 Å². The SMILES string of the molecule is C=CCCOCCNC(=O)C(C)=C1CNC1. The topological polar surface area (TPSA) is 50.4 Å². The van der Waals surface area contributed by atoms with Crippen LogP contribution in [0.25, 0.3) is 0 Å². The van der Waals surface area contributed by atoms with Crippen LogP contribution in [0.4, 0.5) is 0 Å². The molecule has 0 radical (unpaired) electrons. The van der Waals surface area contributed by atoms with Crippen molar-refractivity contribution in [3.05, 3.63) is 23.8 Å². The molecule has 1 fully saturated rings. The van der Waals surface area contributed by atoms with Crippen LogP contribution in [-0.4, -0.2) is 38.8 Å². The summed E-state index contributed by atoms with van der Waals surface area (Å²) in [5.41, 5.74) is 2.04. The first-order chi connectivity index (χ1) is 7.75. The summed E-state index contributed by atoms with van der Waals surface area (Å²) in [4.78, 5) is 11.6. The normalized spacial score (nSPS) is 14.2. The van der Waals surface area contributed by atoms with Crippen LogP contribution < -0.4 is 10.6 Å². The van der Waals surface area contributed by atoms with Gasteiger partial charge in [0.25, 0.3) is 0 Å². The summed E-state index contributed by atoms with van der Waals surface area (Å²) >= 11 is 0. The number of hydrogen-bond acceptors (Lipinski definition) is 3. The van der Waals surface area contributed by atoms with Crippen LogP contribution in [0.3, 0.4) is 0 Å². The summed E-state index contributed by atoms with van der Waals surface area (Å²) in [7, 11) is 0. The number of carbonyl (C=O) groups is 1. The predicted molar refractivity (Wildman–Crippen MR) is 64.2 cm³/mol. The lowest BCUT2D eigenvalue weighted by Crippen LogP contribution is -2.38. The van der Waals surface area contributed by atoms with Crippen molar-refractivity contribution in [1.82, 2.24) is 10.6 Å². The summed E-state index contributed by atoms with van der Waals surface area (Å²) in [6.07, 6.45) is 2.67. The number of nitrogens with one attached hydrogen (secondary N) is 2. The van der Waals surface area contributed by atoms with Gasteiger partial charge >= 0.3 is 0 Å². The molecule has 0 aromatic heterocycles. The highest BCUT2D eigenvalue weighted by Gasteiger charge is 2.15. The molecule has 1 saturated heterocycles. The Bertz CT molecular complexity index is 279. The number of ether oxygens (including phenoxy) is 1. The standard InChI is InChI=1S/C12H20N2O2/c1-3-4-6-16-7-5-14-12(15)10(2)11-8-13-9-11/h3,13H,1,4-9H2,2H3,(H,14,15). The van der Waals surface area contributed by atoms with Gasteiger partial charge in [0, 0.05) is 25.2 Å². The molecule has 0 bridgehead atoms. The molecule has 4 nitrogen and oxygen atoms in total. The van der Waals surface area contributed by atoms with Gasteiger partial charge in [-0.15, -0.1) is 6.58 Å². The molecule has 16 heavy (non-hydrogen) atoms. The molecule has 4 heteroatoms. The molecule has 0 unspecified atom stereocenters. The fourth-order valence-corrected chi connectivity index (χ4v) is 1.31. The van der Waals surface area contributed by atoms with E-state index in [4.69, 9.17) is 4.74 Å². The van der Waals surface area contributed by atoms with Crippen molar-refractivity contribution >= 4 is 5.91 Å². The van der Waals surface area contributed by atoms with Crippen molar-refractivity contribution in [3.63, 3.8) is 0 Å². The van der Waals surface area contributed by atoms with Crippen molar-refractivity contribution in [1.29, 1.82) is 0 Å². The van der Waals surface area contributed by atoms with Crippen LogP contribution >= 0.6 is 0 Å². The molecular weight excluding hydrogens is 204 g/mol. The van der Waals surface area contributed by atoms with Crippen LogP contribution in [0.15, 0.2) is 23.8 Å². The van der Waals surface area contributed by atoms with Crippen molar-refractivity contribution in [2.24, 2.45) is 0 Å². The molecule has 0 saturated carbocycles. The van der Waals surface area contributed by atoms with E-state index in [2.05, 4.69) is 17.2 Å². The lowest BCUT2D eigenvalue weighted by atomic mass is 10.0. The van der Waals surface area contributed by atoms with Gasteiger partial charge in [0.2, 0.25) is 5.91 Å². The molecule has 1 rings (SSSR count). The Kier molecular flexibility index (Phi) is 5.82. The fourth-order valence-electron chi connectivity index (χ4n) is 1.31. The van der Waals surface area contributed by atoms with Crippen LogP contribution in [0.2, 0.25) is 0 Å². The number of rotatable bonds is 7. The molecule has 0 aliphatic carbocycles. The van der Waals surface area contributed by atoms with E-state index in [0.29, 0.717) is 19.8 Å². The monoisotopic (exact) mass is 224 g/mol. The summed E-state index contributed by atoms with van der Waals surface area (Å²) in [5, 5.41) is 5.95. The Morgan fingerprint density at radius 2 is 2.31 bits per heavy atom. The lowest BCUT2D eigenvalue weighted by molar-refractivity contribution is -0.117. The molecule has 2 N–H and O–H groups in total. The maximum atomic E-state index is 11.6. The number of carbonyl (C=O) groups excluding carboxylic acids is 1. The van der Waals surface area contributed by atoms with E-state index in [0.717, 1.165) is 25.1 Å². The Morgan fingerprint density at radius 3 is 2.88 bits per heavy atom. The highest BCUT2D eigenvalue weighted by atomic mass is 16.5. The zero-order valence-electron chi connectivity index (χ0n) is 9.84. The van der Waals surface area contributed by atoms with Crippen molar-refractivity contribution in [2.75, 3.05) is 32.8 Å². The van der Waals surface area contributed by atoms with E-state index in [-0.39, 0.29) is 5.91 Å². The second kappa shape index (κ2) is 7.19. The molecule has 0 atom stereocenters. The molecule has 1 amide bonds. The van der Waals surface area contributed by atoms with Crippen LogP contribution in [-0.2, 0) is 9.53 Å². The molecule has 90 valence electrons. The van der Waals surface area contributed by atoms with E-state index < -0.39 is 0 Å². The maximum Gasteiger partial charge on any atom is 0.247 e. The molecule has 1 aliphatic heterocycles. The summed E-state index contributed by atoms with van der Waals surface area (Å²) < 4.78 is 5.29. The lowest BCUT2D eigenvalue weighted by Gasteiger charge is -2.21. The molecule has 1 aliphatic rings. The summed E-state index contributed by atoms with van der Waals surface area (Å²) in [6, 6.07) is 0. The maximum absolute atomic E-state index is 11.6. The Balaban J connectivity index is 2.08. The third kappa shape index (κ3) is 4.16. The van der Waals surface area contributed by atoms with E-state index in [1.807, 2.05) is 13.0 Å². The minimum atomic E-state index is 0.0174. The van der Waals surface area contributed by atoms with Crippen molar-refractivity contribution in [2.45, 2.75) is 13.3 Å². The average Bonchev–Trinajstić information content (AvgIpc) is 2.20. The number of hydrogen-bond donors (Lipinski definition) is 2. The van der Waals surface area contributed by atoms with Crippen LogP contribution in [0, 0.1) is 0 Å². The third-order valence-electron chi connectivity index (χ3n) is 2.55. The Labute approximate surface area is 96.7 Å². The van der Waals surface area contributed by atoms with Gasteiger partial charge in [-0.1, -0.05) is 6.08 Å². The van der Waals surface area contributed by atoms with Crippen molar-refractivity contribution in [3.8, 4) is 0 Å².